The number of halogens is 3. The summed E-state index contributed by atoms with van der Waals surface area (Å²) in [6.07, 6.45) is 3.39. The van der Waals surface area contributed by atoms with Crippen LogP contribution in [0.25, 0.3) is 6.08 Å². The number of methoxy groups -OCH3 is 1. The zero-order valence-electron chi connectivity index (χ0n) is 15.9. The lowest BCUT2D eigenvalue weighted by Crippen LogP contribution is -2.30. The van der Waals surface area contributed by atoms with E-state index in [9.17, 15) is 4.79 Å². The van der Waals surface area contributed by atoms with E-state index in [1.165, 1.54) is 4.90 Å². The molecule has 1 amide bonds. The highest BCUT2D eigenvalue weighted by Crippen LogP contribution is 2.37. The molecule has 0 aromatic heterocycles. The fraction of sp³-hybridized carbons (Fsp3) is 0.143. The van der Waals surface area contributed by atoms with E-state index in [0.717, 1.165) is 24.5 Å². The van der Waals surface area contributed by atoms with Crippen LogP contribution in [0.1, 0.15) is 11.1 Å². The lowest BCUT2D eigenvalue weighted by atomic mass is 10.1. The number of thiocarbonyl (C=S) groups is 1. The van der Waals surface area contributed by atoms with Crippen molar-refractivity contribution in [3.8, 4) is 11.5 Å². The molecule has 1 aliphatic rings. The van der Waals surface area contributed by atoms with Crippen LogP contribution < -0.4 is 14.8 Å². The quantitative estimate of drug-likeness (QED) is 0.242. The first-order chi connectivity index (χ1) is 14.3. The van der Waals surface area contributed by atoms with Gasteiger partial charge in [0.15, 0.2) is 5.11 Å². The molecule has 2 aromatic carbocycles. The van der Waals surface area contributed by atoms with Gasteiger partial charge in [0.2, 0.25) is 0 Å². The van der Waals surface area contributed by atoms with Crippen LogP contribution in [0, 0.1) is 0 Å². The smallest absolute Gasteiger partial charge is 0.276 e. The fourth-order valence-corrected chi connectivity index (χ4v) is 5.61. The molecule has 30 heavy (non-hydrogen) atoms. The first-order valence-electron chi connectivity index (χ1n) is 8.73. The summed E-state index contributed by atoms with van der Waals surface area (Å²) in [7, 11) is 1.61. The summed E-state index contributed by atoms with van der Waals surface area (Å²) in [5.41, 5.74) is 2.07. The maximum atomic E-state index is 12.5. The van der Waals surface area contributed by atoms with Gasteiger partial charge < -0.3 is 14.8 Å². The molecule has 5 nitrogen and oxygen atoms in total. The first-order valence-corrected chi connectivity index (χ1v) is 11.5. The van der Waals surface area contributed by atoms with Crippen molar-refractivity contribution < 1.29 is 14.3 Å². The van der Waals surface area contributed by atoms with E-state index in [2.05, 4.69) is 59.7 Å². The number of benzene rings is 2. The minimum absolute atomic E-state index is 0.184. The molecular weight excluding hydrogens is 600 g/mol. The Kier molecular flexibility index (Phi) is 7.73. The summed E-state index contributed by atoms with van der Waals surface area (Å²) in [6, 6.07) is 9.45. The van der Waals surface area contributed by atoms with Crippen molar-refractivity contribution >= 4 is 77.1 Å². The molecule has 9 heteroatoms. The largest absolute Gasteiger partial charge is 0.496 e. The topological polar surface area (TPSA) is 50.8 Å². The summed E-state index contributed by atoms with van der Waals surface area (Å²) in [5, 5.41) is 3.32. The van der Waals surface area contributed by atoms with Crippen LogP contribution in [0.5, 0.6) is 11.5 Å². The Morgan fingerprint density at radius 1 is 1.20 bits per heavy atom. The van der Waals surface area contributed by atoms with Crippen molar-refractivity contribution in [1.29, 1.82) is 0 Å². The van der Waals surface area contributed by atoms with Gasteiger partial charge in [-0.1, -0.05) is 28.1 Å². The molecule has 156 valence electrons. The zero-order chi connectivity index (χ0) is 21.8. The van der Waals surface area contributed by atoms with Crippen LogP contribution in [0.4, 0.5) is 0 Å². The second-order valence-electron chi connectivity index (χ2n) is 6.25. The zero-order valence-corrected chi connectivity index (χ0v) is 21.5. The number of ether oxygens (including phenoxy) is 2. The van der Waals surface area contributed by atoms with E-state index >= 15 is 0 Å². The summed E-state index contributed by atoms with van der Waals surface area (Å²) < 4.78 is 14.1. The Labute approximate surface area is 205 Å². The molecule has 2 aromatic rings. The van der Waals surface area contributed by atoms with Crippen LogP contribution in [0.3, 0.4) is 0 Å². The van der Waals surface area contributed by atoms with Crippen LogP contribution in [-0.2, 0) is 11.4 Å². The highest BCUT2D eigenvalue weighted by molar-refractivity contribution is 9.11. The van der Waals surface area contributed by atoms with Crippen LogP contribution in [0.15, 0.2) is 62.1 Å². The Morgan fingerprint density at radius 2 is 1.90 bits per heavy atom. The van der Waals surface area contributed by atoms with Crippen molar-refractivity contribution in [3.63, 3.8) is 0 Å². The van der Waals surface area contributed by atoms with E-state index in [-0.39, 0.29) is 12.5 Å². The van der Waals surface area contributed by atoms with Crippen molar-refractivity contribution in [2.45, 2.75) is 6.61 Å². The van der Waals surface area contributed by atoms with Gasteiger partial charge in [0.05, 0.1) is 16.1 Å². The number of amides is 1. The monoisotopic (exact) mass is 614 g/mol. The van der Waals surface area contributed by atoms with Gasteiger partial charge in [-0.2, -0.15) is 0 Å². The third-order valence-electron chi connectivity index (χ3n) is 4.22. The number of rotatable bonds is 7. The van der Waals surface area contributed by atoms with Gasteiger partial charge in [0, 0.05) is 16.6 Å². The van der Waals surface area contributed by atoms with Gasteiger partial charge in [-0.3, -0.25) is 9.69 Å². The Balaban J connectivity index is 1.85. The van der Waals surface area contributed by atoms with Gasteiger partial charge in [0.1, 0.15) is 23.8 Å². The maximum absolute atomic E-state index is 12.5. The molecule has 1 heterocycles. The average Bonchev–Trinajstić information content (AvgIpc) is 2.95. The number of hydrogen-bond donors (Lipinski definition) is 1. The molecule has 0 saturated carbocycles. The van der Waals surface area contributed by atoms with E-state index in [1.807, 2.05) is 30.3 Å². The molecular formula is C21H17Br3N2O3S. The first kappa shape index (κ1) is 23.0. The summed E-state index contributed by atoms with van der Waals surface area (Å²) in [5.74, 6) is 1.19. The SMILES string of the molecule is C=CCN1C(=O)/C(=C\c2ccc(OC)c(COc3c(Br)cc(Br)cc3Br)c2)NC1=S. The van der Waals surface area contributed by atoms with Gasteiger partial charge in [-0.05, 0) is 80.0 Å². The Morgan fingerprint density at radius 3 is 2.53 bits per heavy atom. The van der Waals surface area contributed by atoms with Crippen LogP contribution in [0.2, 0.25) is 0 Å². The van der Waals surface area contributed by atoms with Gasteiger partial charge in [-0.15, -0.1) is 6.58 Å². The highest BCUT2D eigenvalue weighted by atomic mass is 79.9. The maximum Gasteiger partial charge on any atom is 0.276 e. The number of carbonyl (C=O) groups is 1. The van der Waals surface area contributed by atoms with Crippen LogP contribution >= 0.6 is 60.0 Å². The second-order valence-corrected chi connectivity index (χ2v) is 9.26. The molecule has 0 aliphatic carbocycles. The summed E-state index contributed by atoms with van der Waals surface area (Å²) in [6.45, 7) is 4.30. The number of hydrogen-bond acceptors (Lipinski definition) is 4. The van der Waals surface area contributed by atoms with E-state index in [4.69, 9.17) is 21.7 Å². The predicted molar refractivity (Wildman–Crippen MR) is 132 cm³/mol. The lowest BCUT2D eigenvalue weighted by Gasteiger charge is -2.14. The molecule has 1 aliphatic heterocycles. The number of carbonyl (C=O) groups excluding carboxylic acids is 1. The number of nitrogens with one attached hydrogen (secondary N) is 1. The van der Waals surface area contributed by atoms with E-state index in [1.54, 1.807) is 19.3 Å². The van der Waals surface area contributed by atoms with Crippen molar-refractivity contribution in [2.24, 2.45) is 0 Å². The van der Waals surface area contributed by atoms with Crippen molar-refractivity contribution in [2.75, 3.05) is 13.7 Å². The Bertz CT molecular complexity index is 1030. The average molecular weight is 617 g/mol. The highest BCUT2D eigenvalue weighted by Gasteiger charge is 2.29. The summed E-state index contributed by atoms with van der Waals surface area (Å²) >= 11 is 15.7. The molecule has 3 rings (SSSR count). The molecule has 0 radical (unpaired) electrons. The van der Waals surface area contributed by atoms with Gasteiger partial charge >= 0.3 is 0 Å². The lowest BCUT2D eigenvalue weighted by molar-refractivity contribution is -0.122. The molecule has 0 unspecified atom stereocenters. The van der Waals surface area contributed by atoms with Gasteiger partial charge in [0.25, 0.3) is 5.91 Å². The standard InChI is InChI=1S/C21H17Br3N2O3S/c1-3-6-26-20(27)17(25-21(26)30)8-12-4-5-18(28-2)13(7-12)11-29-19-15(23)9-14(22)10-16(19)24/h3-5,7-10H,1,6,11H2,2H3,(H,25,30)/b17-8+. The molecule has 0 spiro atoms. The van der Waals surface area contributed by atoms with Crippen LogP contribution in [-0.4, -0.2) is 29.6 Å². The van der Waals surface area contributed by atoms with Crippen molar-refractivity contribution in [3.05, 3.63) is 73.2 Å². The minimum Gasteiger partial charge on any atom is -0.496 e. The fourth-order valence-electron chi connectivity index (χ4n) is 2.85. The third kappa shape index (κ3) is 5.14. The van der Waals surface area contributed by atoms with E-state index < -0.39 is 0 Å². The molecule has 0 atom stereocenters. The van der Waals surface area contributed by atoms with Crippen molar-refractivity contribution in [1.82, 2.24) is 10.2 Å². The predicted octanol–water partition coefficient (Wildman–Crippen LogP) is 5.81. The molecule has 1 N–H and O–H groups in total. The Hall–Kier alpha value is -1.68. The molecule has 0 bridgehead atoms. The van der Waals surface area contributed by atoms with E-state index in [0.29, 0.717) is 28.9 Å². The molecule has 1 fully saturated rings. The van der Waals surface area contributed by atoms with Gasteiger partial charge in [-0.25, -0.2) is 0 Å². The minimum atomic E-state index is -0.184. The molecule has 1 saturated heterocycles. The third-order valence-corrected chi connectivity index (χ3v) is 6.18. The number of nitrogens with zero attached hydrogens (tertiary/aromatic N) is 1. The second kappa shape index (κ2) is 10.1. The summed E-state index contributed by atoms with van der Waals surface area (Å²) in [4.78, 5) is 14.0. The normalized spacial score (nSPS) is 14.8.